The van der Waals surface area contributed by atoms with Crippen molar-refractivity contribution in [2.75, 3.05) is 0 Å². The van der Waals surface area contributed by atoms with E-state index in [0.717, 1.165) is 12.0 Å². The Labute approximate surface area is 96.9 Å². The van der Waals surface area contributed by atoms with Gasteiger partial charge in [-0.1, -0.05) is 33.3 Å². The molecular weight excluding hydrogens is 202 g/mol. The maximum absolute atomic E-state index is 3.80. The van der Waals surface area contributed by atoms with Crippen LogP contribution in [0.1, 0.15) is 44.5 Å². The number of hydrogen-bond acceptors (Lipinski definition) is 2. The van der Waals surface area contributed by atoms with Gasteiger partial charge in [0, 0.05) is 17.0 Å². The molecule has 2 heteroatoms. The highest BCUT2D eigenvalue weighted by Gasteiger charge is 2.37. The van der Waals surface area contributed by atoms with Crippen LogP contribution in [0.3, 0.4) is 0 Å². The summed E-state index contributed by atoms with van der Waals surface area (Å²) in [6.45, 7) is 6.91. The summed E-state index contributed by atoms with van der Waals surface area (Å²) >= 11 is 1.88. The first-order valence-electron chi connectivity index (χ1n) is 6.01. The number of rotatable bonds is 5. The molecule has 1 aliphatic rings. The molecule has 3 unspecified atom stereocenters. The Balaban J connectivity index is 1.96. The fourth-order valence-electron chi connectivity index (χ4n) is 2.20. The van der Waals surface area contributed by atoms with E-state index >= 15 is 0 Å². The van der Waals surface area contributed by atoms with Crippen LogP contribution in [0, 0.1) is 11.8 Å². The molecule has 1 heterocycles. The maximum atomic E-state index is 3.80. The molecule has 0 bridgehead atoms. The van der Waals surface area contributed by atoms with Crippen molar-refractivity contribution in [1.29, 1.82) is 0 Å². The van der Waals surface area contributed by atoms with E-state index < -0.39 is 0 Å². The van der Waals surface area contributed by atoms with Crippen LogP contribution in [0.4, 0.5) is 0 Å². The van der Waals surface area contributed by atoms with E-state index in [9.17, 15) is 0 Å². The molecule has 1 saturated carbocycles. The van der Waals surface area contributed by atoms with Crippen LogP contribution >= 0.6 is 11.3 Å². The molecule has 3 atom stereocenters. The Morgan fingerprint density at radius 2 is 2.33 bits per heavy atom. The second-order valence-corrected chi connectivity index (χ2v) is 5.89. The van der Waals surface area contributed by atoms with Crippen LogP contribution in [-0.4, -0.2) is 6.04 Å². The first-order chi connectivity index (χ1) is 7.22. The van der Waals surface area contributed by atoms with Crippen LogP contribution in [-0.2, 0) is 0 Å². The third-order valence-electron chi connectivity index (χ3n) is 3.36. The molecule has 0 aliphatic heterocycles. The molecule has 0 radical (unpaired) electrons. The minimum atomic E-state index is 0.562. The molecule has 1 nitrogen and oxygen atoms in total. The van der Waals surface area contributed by atoms with Gasteiger partial charge in [-0.3, -0.25) is 0 Å². The van der Waals surface area contributed by atoms with Crippen LogP contribution in [0.2, 0.25) is 0 Å². The first-order valence-corrected chi connectivity index (χ1v) is 6.89. The third-order valence-corrected chi connectivity index (χ3v) is 4.31. The lowest BCUT2D eigenvalue weighted by atomic mass is 10.0. The van der Waals surface area contributed by atoms with Crippen molar-refractivity contribution in [2.24, 2.45) is 11.8 Å². The molecule has 1 aliphatic carbocycles. The van der Waals surface area contributed by atoms with E-state index in [0.29, 0.717) is 12.0 Å². The zero-order valence-corrected chi connectivity index (χ0v) is 10.7. The van der Waals surface area contributed by atoms with Gasteiger partial charge in [0.25, 0.3) is 0 Å². The molecule has 1 aromatic rings. The van der Waals surface area contributed by atoms with Crippen LogP contribution in [0.15, 0.2) is 17.5 Å². The second-order valence-electron chi connectivity index (χ2n) is 4.91. The summed E-state index contributed by atoms with van der Waals surface area (Å²) in [5.74, 6) is 1.62. The van der Waals surface area contributed by atoms with Crippen molar-refractivity contribution in [2.45, 2.75) is 45.7 Å². The molecule has 15 heavy (non-hydrogen) atoms. The van der Waals surface area contributed by atoms with Crippen LogP contribution in [0.5, 0.6) is 0 Å². The number of thiophene rings is 1. The van der Waals surface area contributed by atoms with Gasteiger partial charge in [-0.15, -0.1) is 11.3 Å². The quantitative estimate of drug-likeness (QED) is 0.800. The van der Waals surface area contributed by atoms with Gasteiger partial charge in [-0.05, 0) is 29.7 Å². The molecule has 0 saturated heterocycles. The first kappa shape index (κ1) is 11.2. The average molecular weight is 223 g/mol. The van der Waals surface area contributed by atoms with Gasteiger partial charge in [0.05, 0.1) is 0 Å². The van der Waals surface area contributed by atoms with Gasteiger partial charge in [-0.25, -0.2) is 0 Å². The minimum Gasteiger partial charge on any atom is -0.306 e. The second kappa shape index (κ2) is 4.67. The largest absolute Gasteiger partial charge is 0.306 e. The summed E-state index contributed by atoms with van der Waals surface area (Å²) in [6, 6.07) is 5.75. The lowest BCUT2D eigenvalue weighted by Gasteiger charge is -2.21. The Morgan fingerprint density at radius 1 is 1.53 bits per heavy atom. The molecule has 0 amide bonds. The zero-order chi connectivity index (χ0) is 10.8. The van der Waals surface area contributed by atoms with E-state index in [1.54, 1.807) is 0 Å². The topological polar surface area (TPSA) is 12.0 Å². The normalized spacial score (nSPS) is 26.9. The SMILES string of the molecule is CCC1CC1NC(c1cccs1)C(C)C. The number of nitrogens with one attached hydrogen (secondary N) is 1. The monoisotopic (exact) mass is 223 g/mol. The highest BCUT2D eigenvalue weighted by molar-refractivity contribution is 7.10. The average Bonchev–Trinajstić information content (AvgIpc) is 2.75. The Hall–Kier alpha value is -0.340. The maximum Gasteiger partial charge on any atom is 0.0440 e. The highest BCUT2D eigenvalue weighted by atomic mass is 32.1. The minimum absolute atomic E-state index is 0.562. The lowest BCUT2D eigenvalue weighted by molar-refractivity contribution is 0.405. The summed E-state index contributed by atoms with van der Waals surface area (Å²) in [4.78, 5) is 1.49. The van der Waals surface area contributed by atoms with Crippen LogP contribution < -0.4 is 5.32 Å². The summed E-state index contributed by atoms with van der Waals surface area (Å²) in [5, 5.41) is 5.98. The van der Waals surface area contributed by atoms with Gasteiger partial charge in [0.2, 0.25) is 0 Å². The van der Waals surface area contributed by atoms with Gasteiger partial charge >= 0.3 is 0 Å². The van der Waals surface area contributed by atoms with Gasteiger partial charge in [-0.2, -0.15) is 0 Å². The third kappa shape index (κ3) is 2.61. The molecule has 1 aromatic heterocycles. The van der Waals surface area contributed by atoms with Crippen molar-refractivity contribution in [1.82, 2.24) is 5.32 Å². The van der Waals surface area contributed by atoms with Crippen molar-refractivity contribution in [3.05, 3.63) is 22.4 Å². The van der Waals surface area contributed by atoms with E-state index in [1.807, 2.05) is 11.3 Å². The molecular formula is C13H21NS. The summed E-state index contributed by atoms with van der Waals surface area (Å²) in [5.41, 5.74) is 0. The van der Waals surface area contributed by atoms with E-state index in [-0.39, 0.29) is 0 Å². The predicted molar refractivity (Wildman–Crippen MR) is 67.2 cm³/mol. The van der Waals surface area contributed by atoms with Gasteiger partial charge < -0.3 is 5.32 Å². The smallest absolute Gasteiger partial charge is 0.0440 e. The zero-order valence-electron chi connectivity index (χ0n) is 9.86. The Bertz CT molecular complexity index is 291. The Morgan fingerprint density at radius 3 is 2.80 bits per heavy atom. The molecule has 0 spiro atoms. The number of hydrogen-bond donors (Lipinski definition) is 1. The summed E-state index contributed by atoms with van der Waals surface area (Å²) in [6.07, 6.45) is 2.71. The standard InChI is InChI=1S/C13H21NS/c1-4-10-8-11(10)14-13(9(2)3)12-6-5-7-15-12/h5-7,9-11,13-14H,4,8H2,1-3H3. The molecule has 2 rings (SSSR count). The lowest BCUT2D eigenvalue weighted by Crippen LogP contribution is -2.28. The Kier molecular flexibility index (Phi) is 3.47. The van der Waals surface area contributed by atoms with Gasteiger partial charge in [0.1, 0.15) is 0 Å². The molecule has 0 aromatic carbocycles. The van der Waals surface area contributed by atoms with E-state index in [4.69, 9.17) is 0 Å². The van der Waals surface area contributed by atoms with Crippen molar-refractivity contribution >= 4 is 11.3 Å². The van der Waals surface area contributed by atoms with Crippen molar-refractivity contribution in [3.8, 4) is 0 Å². The molecule has 84 valence electrons. The highest BCUT2D eigenvalue weighted by Crippen LogP contribution is 2.37. The fraction of sp³-hybridized carbons (Fsp3) is 0.692. The van der Waals surface area contributed by atoms with Crippen molar-refractivity contribution < 1.29 is 0 Å². The van der Waals surface area contributed by atoms with Gasteiger partial charge in [0.15, 0.2) is 0 Å². The molecule has 1 fully saturated rings. The van der Waals surface area contributed by atoms with E-state index in [2.05, 4.69) is 43.6 Å². The summed E-state index contributed by atoms with van der Waals surface area (Å²) < 4.78 is 0. The molecule has 1 N–H and O–H groups in total. The van der Waals surface area contributed by atoms with E-state index in [1.165, 1.54) is 17.7 Å². The van der Waals surface area contributed by atoms with Crippen molar-refractivity contribution in [3.63, 3.8) is 0 Å². The predicted octanol–water partition coefficient (Wildman–Crippen LogP) is 3.83. The fourth-order valence-corrected chi connectivity index (χ4v) is 3.16. The van der Waals surface area contributed by atoms with Crippen LogP contribution in [0.25, 0.3) is 0 Å². The summed E-state index contributed by atoms with van der Waals surface area (Å²) in [7, 11) is 0.